The van der Waals surface area contributed by atoms with E-state index in [0.717, 1.165) is 5.56 Å². The van der Waals surface area contributed by atoms with Gasteiger partial charge in [-0.15, -0.1) is 0 Å². The highest BCUT2D eigenvalue weighted by Gasteiger charge is 2.38. The summed E-state index contributed by atoms with van der Waals surface area (Å²) in [5.41, 5.74) is 1.84. The number of hydrogen-bond donors (Lipinski definition) is 2. The van der Waals surface area contributed by atoms with Gasteiger partial charge in [-0.3, -0.25) is 4.79 Å². The summed E-state index contributed by atoms with van der Waals surface area (Å²) in [5, 5.41) is 11.6. The quantitative estimate of drug-likeness (QED) is 0.495. The average molecular weight is 319 g/mol. The second-order valence-electron chi connectivity index (χ2n) is 5.59. The molecule has 1 aromatic rings. The van der Waals surface area contributed by atoms with E-state index in [1.807, 2.05) is 0 Å². The number of carboxylic acids is 1. The summed E-state index contributed by atoms with van der Waals surface area (Å²) in [6, 6.07) is 5.05. The van der Waals surface area contributed by atoms with Crippen LogP contribution in [-0.4, -0.2) is 28.8 Å². The Labute approximate surface area is 132 Å². The highest BCUT2D eigenvalue weighted by atomic mass is 16.7. The Kier molecular flexibility index (Phi) is 4.40. The molecule has 0 radical (unpaired) electrons. The first-order chi connectivity index (χ1) is 10.7. The van der Waals surface area contributed by atoms with Crippen molar-refractivity contribution in [3.63, 3.8) is 0 Å². The van der Waals surface area contributed by atoms with Crippen LogP contribution in [0.1, 0.15) is 25.0 Å². The lowest BCUT2D eigenvalue weighted by Crippen LogP contribution is -2.42. The second-order valence-corrected chi connectivity index (χ2v) is 5.59. The number of aryl methyl sites for hydroxylation is 1. The van der Waals surface area contributed by atoms with Crippen LogP contribution in [0.5, 0.6) is 0 Å². The molecule has 7 heteroatoms. The van der Waals surface area contributed by atoms with Crippen LogP contribution in [0.25, 0.3) is 0 Å². The number of esters is 2. The highest BCUT2D eigenvalue weighted by molar-refractivity contribution is 6.15. The van der Waals surface area contributed by atoms with Gasteiger partial charge in [-0.25, -0.2) is 9.59 Å². The molecule has 0 saturated carbocycles. The summed E-state index contributed by atoms with van der Waals surface area (Å²) >= 11 is 0. The third-order valence-corrected chi connectivity index (χ3v) is 3.18. The highest BCUT2D eigenvalue weighted by Crippen LogP contribution is 2.23. The van der Waals surface area contributed by atoms with Gasteiger partial charge >= 0.3 is 17.9 Å². The molecule has 0 spiro atoms. The van der Waals surface area contributed by atoms with Crippen molar-refractivity contribution in [3.8, 4) is 0 Å². The maximum absolute atomic E-state index is 11.8. The molecule has 0 aliphatic carbocycles. The molecular weight excluding hydrogens is 302 g/mol. The van der Waals surface area contributed by atoms with Gasteiger partial charge in [0, 0.05) is 25.7 Å². The number of ether oxygens (including phenoxy) is 2. The SMILES string of the molecule is Cc1cc(NC=C2C(=O)OC(C)(C)OC2=O)ccc1CC(=O)O. The molecule has 0 bridgehead atoms. The van der Waals surface area contributed by atoms with Gasteiger partial charge in [0.1, 0.15) is 0 Å². The Morgan fingerprint density at radius 3 is 2.39 bits per heavy atom. The Balaban J connectivity index is 2.14. The van der Waals surface area contributed by atoms with Gasteiger partial charge in [0.15, 0.2) is 5.57 Å². The van der Waals surface area contributed by atoms with E-state index >= 15 is 0 Å². The molecule has 1 aromatic carbocycles. The van der Waals surface area contributed by atoms with Gasteiger partial charge in [0.2, 0.25) is 0 Å². The summed E-state index contributed by atoms with van der Waals surface area (Å²) in [4.78, 5) is 34.3. The number of aliphatic carboxylic acids is 1. The van der Waals surface area contributed by atoms with Gasteiger partial charge in [0.05, 0.1) is 6.42 Å². The fourth-order valence-corrected chi connectivity index (χ4v) is 2.08. The fourth-order valence-electron chi connectivity index (χ4n) is 2.08. The van der Waals surface area contributed by atoms with Crippen molar-refractivity contribution >= 4 is 23.6 Å². The van der Waals surface area contributed by atoms with E-state index < -0.39 is 23.7 Å². The molecule has 0 aromatic heterocycles. The summed E-state index contributed by atoms with van der Waals surface area (Å²) in [6.45, 7) is 4.72. The standard InChI is InChI=1S/C16H17NO6/c1-9-6-11(5-4-10(9)7-13(18)19)17-8-12-14(20)22-16(2,3)23-15(12)21/h4-6,8,17H,7H2,1-3H3,(H,18,19). The lowest BCUT2D eigenvalue weighted by atomic mass is 10.1. The molecule has 0 unspecified atom stereocenters. The molecule has 0 amide bonds. The van der Waals surface area contributed by atoms with E-state index in [-0.39, 0.29) is 12.0 Å². The van der Waals surface area contributed by atoms with Gasteiger partial charge in [0.25, 0.3) is 5.79 Å². The third kappa shape index (κ3) is 4.09. The van der Waals surface area contributed by atoms with Crippen molar-refractivity contribution in [2.45, 2.75) is 33.0 Å². The van der Waals surface area contributed by atoms with E-state index in [0.29, 0.717) is 11.3 Å². The zero-order chi connectivity index (χ0) is 17.2. The van der Waals surface area contributed by atoms with Crippen LogP contribution in [0.4, 0.5) is 5.69 Å². The Hall–Kier alpha value is -2.83. The first-order valence-electron chi connectivity index (χ1n) is 6.92. The number of carboxylic acid groups (broad SMARTS) is 1. The number of cyclic esters (lactones) is 2. The van der Waals surface area contributed by atoms with Crippen molar-refractivity contribution < 1.29 is 29.0 Å². The Bertz CT molecular complexity index is 683. The minimum Gasteiger partial charge on any atom is -0.481 e. The van der Waals surface area contributed by atoms with E-state index in [2.05, 4.69) is 5.32 Å². The molecule has 1 fully saturated rings. The number of hydrogen-bond acceptors (Lipinski definition) is 6. The molecular formula is C16H17NO6. The van der Waals surface area contributed by atoms with Crippen molar-refractivity contribution in [1.82, 2.24) is 0 Å². The number of nitrogens with one attached hydrogen (secondary N) is 1. The number of carbonyl (C=O) groups is 3. The van der Waals surface area contributed by atoms with Crippen LogP contribution in [0.15, 0.2) is 30.0 Å². The maximum atomic E-state index is 11.8. The lowest BCUT2D eigenvalue weighted by Gasteiger charge is -2.29. The average Bonchev–Trinajstić information content (AvgIpc) is 2.39. The van der Waals surface area contributed by atoms with E-state index in [1.165, 1.54) is 20.0 Å². The predicted octanol–water partition coefficient (Wildman–Crippen LogP) is 1.75. The minimum absolute atomic E-state index is 0.0685. The molecule has 1 aliphatic rings. The molecule has 2 rings (SSSR count). The van der Waals surface area contributed by atoms with E-state index in [1.54, 1.807) is 25.1 Å². The smallest absolute Gasteiger partial charge is 0.350 e. The van der Waals surface area contributed by atoms with Crippen molar-refractivity contribution in [2.75, 3.05) is 5.32 Å². The van der Waals surface area contributed by atoms with Gasteiger partial charge < -0.3 is 19.9 Å². The first kappa shape index (κ1) is 16.5. The molecule has 0 atom stereocenters. The van der Waals surface area contributed by atoms with Gasteiger partial charge in [-0.05, 0) is 30.2 Å². The monoisotopic (exact) mass is 319 g/mol. The number of carbonyl (C=O) groups excluding carboxylic acids is 2. The lowest BCUT2D eigenvalue weighted by molar-refractivity contribution is -0.222. The van der Waals surface area contributed by atoms with Crippen molar-refractivity contribution in [3.05, 3.63) is 41.1 Å². The van der Waals surface area contributed by atoms with Crippen LogP contribution in [-0.2, 0) is 30.3 Å². The third-order valence-electron chi connectivity index (χ3n) is 3.18. The largest absolute Gasteiger partial charge is 0.481 e. The van der Waals surface area contributed by atoms with E-state index in [9.17, 15) is 14.4 Å². The summed E-state index contributed by atoms with van der Waals surface area (Å²) in [7, 11) is 0. The summed E-state index contributed by atoms with van der Waals surface area (Å²) in [5.74, 6) is -3.72. The molecule has 2 N–H and O–H groups in total. The van der Waals surface area contributed by atoms with E-state index in [4.69, 9.17) is 14.6 Å². The van der Waals surface area contributed by atoms with Crippen molar-refractivity contribution in [1.29, 1.82) is 0 Å². The number of rotatable bonds is 4. The summed E-state index contributed by atoms with van der Waals surface area (Å²) in [6.07, 6.45) is 1.15. The maximum Gasteiger partial charge on any atom is 0.350 e. The Morgan fingerprint density at radius 2 is 1.87 bits per heavy atom. The zero-order valence-corrected chi connectivity index (χ0v) is 13.0. The van der Waals surface area contributed by atoms with Crippen LogP contribution in [0.2, 0.25) is 0 Å². The zero-order valence-electron chi connectivity index (χ0n) is 13.0. The molecule has 122 valence electrons. The number of benzene rings is 1. The number of anilines is 1. The van der Waals surface area contributed by atoms with Crippen LogP contribution in [0.3, 0.4) is 0 Å². The molecule has 7 nitrogen and oxygen atoms in total. The first-order valence-corrected chi connectivity index (χ1v) is 6.92. The fraction of sp³-hybridized carbons (Fsp3) is 0.312. The normalized spacial score (nSPS) is 16.4. The Morgan fingerprint density at radius 1 is 1.26 bits per heavy atom. The summed E-state index contributed by atoms with van der Waals surface area (Å²) < 4.78 is 9.95. The van der Waals surface area contributed by atoms with Crippen LogP contribution >= 0.6 is 0 Å². The minimum atomic E-state index is -1.28. The molecule has 1 aliphatic heterocycles. The second kappa shape index (κ2) is 6.12. The van der Waals surface area contributed by atoms with Crippen LogP contribution in [0, 0.1) is 6.92 Å². The van der Waals surface area contributed by atoms with Gasteiger partial charge in [-0.2, -0.15) is 0 Å². The molecule has 23 heavy (non-hydrogen) atoms. The van der Waals surface area contributed by atoms with Crippen LogP contribution < -0.4 is 5.32 Å². The topological polar surface area (TPSA) is 102 Å². The van der Waals surface area contributed by atoms with Crippen molar-refractivity contribution in [2.24, 2.45) is 0 Å². The predicted molar refractivity (Wildman–Crippen MR) is 80.5 cm³/mol. The molecule has 1 saturated heterocycles. The molecule has 1 heterocycles. The van der Waals surface area contributed by atoms with Gasteiger partial charge in [-0.1, -0.05) is 6.07 Å².